The van der Waals surface area contributed by atoms with E-state index < -0.39 is 0 Å². The first-order valence-electron chi connectivity index (χ1n) is 4.74. The Morgan fingerprint density at radius 2 is 2.00 bits per heavy atom. The molecular weight excluding hydrogens is 190 g/mol. The molecule has 1 heterocycles. The predicted octanol–water partition coefficient (Wildman–Crippen LogP) is 1.28. The molecule has 0 spiro atoms. The summed E-state index contributed by atoms with van der Waals surface area (Å²) in [5, 5.41) is 5.14. The molecule has 1 amide bonds. The Balaban J connectivity index is 2.67. The first-order valence-corrected chi connectivity index (χ1v) is 4.74. The number of benzene rings is 1. The van der Waals surface area contributed by atoms with Crippen LogP contribution in [0.3, 0.4) is 0 Å². The summed E-state index contributed by atoms with van der Waals surface area (Å²) < 4.78 is 1.73. The third kappa shape index (κ3) is 1.48. The fourth-order valence-corrected chi connectivity index (χ4v) is 1.58. The Morgan fingerprint density at radius 3 is 2.67 bits per heavy atom. The van der Waals surface area contributed by atoms with Gasteiger partial charge in [0.1, 0.15) is 0 Å². The minimum absolute atomic E-state index is 0.0631. The zero-order valence-electron chi connectivity index (χ0n) is 9.06. The van der Waals surface area contributed by atoms with Crippen LogP contribution in [-0.2, 0) is 7.05 Å². The predicted molar refractivity (Wildman–Crippen MR) is 58.7 cm³/mol. The molecule has 1 aromatic heterocycles. The summed E-state index contributed by atoms with van der Waals surface area (Å²) in [5.41, 5.74) is 1.49. The van der Waals surface area contributed by atoms with E-state index in [0.717, 1.165) is 10.9 Å². The highest BCUT2D eigenvalue weighted by atomic mass is 16.2. The lowest BCUT2D eigenvalue weighted by molar-refractivity contribution is 0.0823. The summed E-state index contributed by atoms with van der Waals surface area (Å²) >= 11 is 0. The Bertz CT molecular complexity index is 514. The molecule has 0 unspecified atom stereocenters. The van der Waals surface area contributed by atoms with Gasteiger partial charge in [0, 0.05) is 26.5 Å². The van der Waals surface area contributed by atoms with Gasteiger partial charge in [0.15, 0.2) is 5.69 Å². The lowest BCUT2D eigenvalue weighted by Crippen LogP contribution is -2.22. The molecule has 2 rings (SSSR count). The highest BCUT2D eigenvalue weighted by molar-refractivity contribution is 6.04. The lowest BCUT2D eigenvalue weighted by Gasteiger charge is -2.07. The first-order chi connectivity index (χ1) is 7.11. The lowest BCUT2D eigenvalue weighted by atomic mass is 10.2. The first kappa shape index (κ1) is 9.71. The van der Waals surface area contributed by atoms with Crippen molar-refractivity contribution >= 4 is 16.8 Å². The van der Waals surface area contributed by atoms with Gasteiger partial charge in [-0.3, -0.25) is 9.48 Å². The number of rotatable bonds is 1. The number of fused-ring (bicyclic) bond motifs is 1. The van der Waals surface area contributed by atoms with Crippen molar-refractivity contribution in [3.05, 3.63) is 30.0 Å². The maximum absolute atomic E-state index is 11.8. The van der Waals surface area contributed by atoms with E-state index in [1.165, 1.54) is 4.90 Å². The molecule has 0 radical (unpaired) electrons. The van der Waals surface area contributed by atoms with Crippen molar-refractivity contribution in [2.24, 2.45) is 7.05 Å². The summed E-state index contributed by atoms with van der Waals surface area (Å²) in [4.78, 5) is 13.4. The third-order valence-corrected chi connectivity index (χ3v) is 2.37. The third-order valence-electron chi connectivity index (χ3n) is 2.37. The summed E-state index contributed by atoms with van der Waals surface area (Å²) in [6, 6.07) is 7.72. The second kappa shape index (κ2) is 3.38. The molecule has 4 heteroatoms. The van der Waals surface area contributed by atoms with Crippen LogP contribution in [0.25, 0.3) is 10.9 Å². The van der Waals surface area contributed by atoms with E-state index in [4.69, 9.17) is 0 Å². The number of carbonyl (C=O) groups excluding carboxylic acids is 1. The standard InChI is InChI=1S/C11H13N3O/c1-13(2)11(15)10-8-6-4-5-7-9(8)14(3)12-10/h4-7H,1-3H3. The van der Waals surface area contributed by atoms with Crippen molar-refractivity contribution in [2.45, 2.75) is 0 Å². The molecule has 1 aromatic carbocycles. The minimum atomic E-state index is -0.0631. The van der Waals surface area contributed by atoms with Crippen molar-refractivity contribution in [2.75, 3.05) is 14.1 Å². The van der Waals surface area contributed by atoms with Crippen LogP contribution in [-0.4, -0.2) is 34.7 Å². The van der Waals surface area contributed by atoms with E-state index in [9.17, 15) is 4.79 Å². The molecule has 0 aliphatic heterocycles. The van der Waals surface area contributed by atoms with E-state index in [0.29, 0.717) is 5.69 Å². The monoisotopic (exact) mass is 203 g/mol. The quantitative estimate of drug-likeness (QED) is 0.700. The van der Waals surface area contributed by atoms with Gasteiger partial charge in [-0.2, -0.15) is 5.10 Å². The highest BCUT2D eigenvalue weighted by Crippen LogP contribution is 2.17. The molecule has 0 aliphatic rings. The average molecular weight is 203 g/mol. The summed E-state index contributed by atoms with van der Waals surface area (Å²) in [6.45, 7) is 0. The molecule has 4 nitrogen and oxygen atoms in total. The van der Waals surface area contributed by atoms with Gasteiger partial charge in [0.2, 0.25) is 0 Å². The Hall–Kier alpha value is -1.84. The van der Waals surface area contributed by atoms with Gasteiger partial charge >= 0.3 is 0 Å². The van der Waals surface area contributed by atoms with Gasteiger partial charge in [0.05, 0.1) is 5.52 Å². The Labute approximate surface area is 88.1 Å². The van der Waals surface area contributed by atoms with Crippen molar-refractivity contribution in [3.63, 3.8) is 0 Å². The van der Waals surface area contributed by atoms with Gasteiger partial charge in [-0.1, -0.05) is 18.2 Å². The molecule has 0 saturated heterocycles. The maximum atomic E-state index is 11.8. The van der Waals surface area contributed by atoms with Gasteiger partial charge in [-0.15, -0.1) is 0 Å². The zero-order valence-corrected chi connectivity index (χ0v) is 9.06. The van der Waals surface area contributed by atoms with Crippen molar-refractivity contribution in [3.8, 4) is 0 Å². The molecule has 78 valence electrons. The molecule has 2 aromatic rings. The number of carbonyl (C=O) groups is 1. The number of aryl methyl sites for hydroxylation is 1. The second-order valence-electron chi connectivity index (χ2n) is 3.69. The number of hydrogen-bond donors (Lipinski definition) is 0. The summed E-state index contributed by atoms with van der Waals surface area (Å²) in [7, 11) is 5.30. The molecule has 0 atom stereocenters. The molecule has 15 heavy (non-hydrogen) atoms. The highest BCUT2D eigenvalue weighted by Gasteiger charge is 2.16. The topological polar surface area (TPSA) is 38.1 Å². The van der Waals surface area contributed by atoms with Crippen LogP contribution >= 0.6 is 0 Å². The van der Waals surface area contributed by atoms with E-state index >= 15 is 0 Å². The number of aromatic nitrogens is 2. The maximum Gasteiger partial charge on any atom is 0.274 e. The van der Waals surface area contributed by atoms with Gasteiger partial charge in [-0.25, -0.2) is 0 Å². The number of para-hydroxylation sites is 1. The summed E-state index contributed by atoms with van der Waals surface area (Å²) in [6.07, 6.45) is 0. The van der Waals surface area contributed by atoms with Crippen molar-refractivity contribution < 1.29 is 4.79 Å². The molecule has 0 aliphatic carbocycles. The van der Waals surface area contributed by atoms with Crippen LogP contribution in [0.15, 0.2) is 24.3 Å². The molecule has 0 bridgehead atoms. The van der Waals surface area contributed by atoms with E-state index in [1.54, 1.807) is 18.8 Å². The SMILES string of the molecule is CN(C)C(=O)c1nn(C)c2ccccc12. The van der Waals surface area contributed by atoms with E-state index in [2.05, 4.69) is 5.10 Å². The van der Waals surface area contributed by atoms with Crippen LogP contribution in [0.1, 0.15) is 10.5 Å². The van der Waals surface area contributed by atoms with Crippen LogP contribution in [0.4, 0.5) is 0 Å². The minimum Gasteiger partial charge on any atom is -0.343 e. The Morgan fingerprint density at radius 1 is 1.33 bits per heavy atom. The van der Waals surface area contributed by atoms with Crippen LogP contribution in [0, 0.1) is 0 Å². The van der Waals surface area contributed by atoms with Crippen LogP contribution < -0.4 is 0 Å². The number of hydrogen-bond acceptors (Lipinski definition) is 2. The molecule has 0 N–H and O–H groups in total. The summed E-state index contributed by atoms with van der Waals surface area (Å²) in [5.74, 6) is -0.0631. The van der Waals surface area contributed by atoms with E-state index in [-0.39, 0.29) is 5.91 Å². The smallest absolute Gasteiger partial charge is 0.274 e. The number of amides is 1. The van der Waals surface area contributed by atoms with E-state index in [1.807, 2.05) is 31.3 Å². The normalized spacial score (nSPS) is 10.6. The van der Waals surface area contributed by atoms with Crippen LogP contribution in [0.2, 0.25) is 0 Å². The van der Waals surface area contributed by atoms with Crippen LogP contribution in [0.5, 0.6) is 0 Å². The van der Waals surface area contributed by atoms with Crippen molar-refractivity contribution in [1.29, 1.82) is 0 Å². The fraction of sp³-hybridized carbons (Fsp3) is 0.273. The number of nitrogens with zero attached hydrogens (tertiary/aromatic N) is 3. The molecule has 0 saturated carbocycles. The zero-order chi connectivity index (χ0) is 11.0. The largest absolute Gasteiger partial charge is 0.343 e. The second-order valence-corrected chi connectivity index (χ2v) is 3.69. The van der Waals surface area contributed by atoms with Gasteiger partial charge in [-0.05, 0) is 6.07 Å². The molecular formula is C11H13N3O. The molecule has 0 fully saturated rings. The van der Waals surface area contributed by atoms with Gasteiger partial charge < -0.3 is 4.90 Å². The average Bonchev–Trinajstić information content (AvgIpc) is 2.56. The Kier molecular flexibility index (Phi) is 2.19. The van der Waals surface area contributed by atoms with Gasteiger partial charge in [0.25, 0.3) is 5.91 Å². The van der Waals surface area contributed by atoms with Crippen molar-refractivity contribution in [1.82, 2.24) is 14.7 Å². The fourth-order valence-electron chi connectivity index (χ4n) is 1.58.